The lowest BCUT2D eigenvalue weighted by Gasteiger charge is -2.44. The summed E-state index contributed by atoms with van der Waals surface area (Å²) in [7, 11) is -1.59. The molecule has 1 aliphatic rings. The van der Waals surface area contributed by atoms with E-state index in [2.05, 4.69) is 20.8 Å². The molecule has 0 aromatic rings. The SMILES string of the molecule is CC[Si](CC)(CC)OC1(C)CCC1=O. The van der Waals surface area contributed by atoms with Gasteiger partial charge in [-0.2, -0.15) is 0 Å². The fraction of sp³-hybridized carbons (Fsp3) is 0.909. The van der Waals surface area contributed by atoms with Gasteiger partial charge in [0.2, 0.25) is 0 Å². The van der Waals surface area contributed by atoms with Crippen LogP contribution in [-0.2, 0) is 9.22 Å². The fourth-order valence-electron chi connectivity index (χ4n) is 2.13. The zero-order chi connectivity index (χ0) is 10.8. The number of Topliss-reactive ketones (excluding diaryl/α,β-unsaturated/α-hetero) is 1. The maximum absolute atomic E-state index is 11.5. The monoisotopic (exact) mass is 214 g/mol. The molecular formula is C11H22O2Si. The maximum Gasteiger partial charge on any atom is 0.193 e. The zero-order valence-electron chi connectivity index (χ0n) is 9.85. The first-order chi connectivity index (χ1) is 6.52. The maximum atomic E-state index is 11.5. The highest BCUT2D eigenvalue weighted by molar-refractivity contribution is 6.73. The van der Waals surface area contributed by atoms with Crippen LogP contribution < -0.4 is 0 Å². The van der Waals surface area contributed by atoms with Crippen LogP contribution in [0, 0.1) is 0 Å². The van der Waals surface area contributed by atoms with Gasteiger partial charge in [-0.05, 0) is 31.5 Å². The minimum atomic E-state index is -1.59. The lowest BCUT2D eigenvalue weighted by Crippen LogP contribution is -2.55. The van der Waals surface area contributed by atoms with Crippen LogP contribution in [0.2, 0.25) is 18.1 Å². The Labute approximate surface area is 88.2 Å². The molecule has 0 radical (unpaired) electrons. The predicted molar refractivity (Wildman–Crippen MR) is 60.9 cm³/mol. The summed E-state index contributed by atoms with van der Waals surface area (Å²) in [6.07, 6.45) is 1.65. The molecule has 1 fully saturated rings. The van der Waals surface area contributed by atoms with Crippen molar-refractivity contribution in [3.05, 3.63) is 0 Å². The van der Waals surface area contributed by atoms with E-state index in [0.717, 1.165) is 31.0 Å². The van der Waals surface area contributed by atoms with Crippen LogP contribution >= 0.6 is 0 Å². The molecule has 1 aliphatic carbocycles. The first-order valence-electron chi connectivity index (χ1n) is 5.75. The van der Waals surface area contributed by atoms with Crippen molar-refractivity contribution in [2.45, 2.75) is 64.3 Å². The molecule has 0 aliphatic heterocycles. The fourth-order valence-corrected chi connectivity index (χ4v) is 5.24. The lowest BCUT2D eigenvalue weighted by atomic mass is 9.81. The number of carbonyl (C=O) groups excluding carboxylic acids is 1. The van der Waals surface area contributed by atoms with Gasteiger partial charge >= 0.3 is 0 Å². The highest BCUT2D eigenvalue weighted by Gasteiger charge is 2.47. The topological polar surface area (TPSA) is 26.3 Å². The summed E-state index contributed by atoms with van der Waals surface area (Å²) in [4.78, 5) is 11.5. The Morgan fingerprint density at radius 1 is 1.29 bits per heavy atom. The first-order valence-corrected chi connectivity index (χ1v) is 8.28. The first kappa shape index (κ1) is 11.9. The molecular weight excluding hydrogens is 192 g/mol. The Hall–Kier alpha value is -0.153. The van der Waals surface area contributed by atoms with Crippen molar-refractivity contribution in [3.63, 3.8) is 0 Å². The molecule has 0 N–H and O–H groups in total. The molecule has 0 spiro atoms. The van der Waals surface area contributed by atoms with Gasteiger partial charge in [0, 0.05) is 6.42 Å². The Bertz CT molecular complexity index is 215. The molecule has 2 nitrogen and oxygen atoms in total. The number of carbonyl (C=O) groups is 1. The molecule has 0 heterocycles. The van der Waals surface area contributed by atoms with Gasteiger partial charge < -0.3 is 4.43 Å². The van der Waals surface area contributed by atoms with E-state index in [1.54, 1.807) is 0 Å². The van der Waals surface area contributed by atoms with E-state index in [9.17, 15) is 4.79 Å². The molecule has 1 saturated carbocycles. The predicted octanol–water partition coefficient (Wildman–Crippen LogP) is 3.13. The third-order valence-corrected chi connectivity index (χ3v) is 8.54. The summed E-state index contributed by atoms with van der Waals surface area (Å²) in [6.45, 7) is 8.57. The normalized spacial score (nSPS) is 27.6. The highest BCUT2D eigenvalue weighted by Crippen LogP contribution is 2.37. The second-order valence-electron chi connectivity index (χ2n) is 4.50. The molecule has 82 valence electrons. The summed E-state index contributed by atoms with van der Waals surface area (Å²) in [5.74, 6) is 0.310. The summed E-state index contributed by atoms with van der Waals surface area (Å²) in [6, 6.07) is 3.38. The molecule has 3 heteroatoms. The van der Waals surface area contributed by atoms with Gasteiger partial charge in [0.05, 0.1) is 0 Å². The second-order valence-corrected chi connectivity index (χ2v) is 9.19. The standard InChI is InChI=1S/C11H22O2Si/c1-5-14(6-2,7-3)13-11(4)9-8-10(11)12/h5-9H2,1-4H3. The van der Waals surface area contributed by atoms with Gasteiger partial charge in [-0.1, -0.05) is 20.8 Å². The van der Waals surface area contributed by atoms with Crippen molar-refractivity contribution in [3.8, 4) is 0 Å². The van der Waals surface area contributed by atoms with E-state index >= 15 is 0 Å². The Balaban J connectivity index is 2.68. The summed E-state index contributed by atoms with van der Waals surface area (Å²) in [5, 5.41) is 0. The van der Waals surface area contributed by atoms with E-state index < -0.39 is 13.9 Å². The zero-order valence-corrected chi connectivity index (χ0v) is 10.9. The number of hydrogen-bond acceptors (Lipinski definition) is 2. The van der Waals surface area contributed by atoms with Crippen LogP contribution in [0.3, 0.4) is 0 Å². The molecule has 0 saturated heterocycles. The molecule has 0 amide bonds. The van der Waals surface area contributed by atoms with Crippen LogP contribution in [0.4, 0.5) is 0 Å². The van der Waals surface area contributed by atoms with Crippen LogP contribution in [0.25, 0.3) is 0 Å². The van der Waals surface area contributed by atoms with E-state index in [0.29, 0.717) is 5.78 Å². The van der Waals surface area contributed by atoms with Crippen LogP contribution in [0.1, 0.15) is 40.5 Å². The average molecular weight is 214 g/mol. The summed E-state index contributed by atoms with van der Waals surface area (Å²) < 4.78 is 6.21. The van der Waals surface area contributed by atoms with Gasteiger partial charge in [-0.15, -0.1) is 0 Å². The van der Waals surface area contributed by atoms with E-state index in [-0.39, 0.29) is 0 Å². The van der Waals surface area contributed by atoms with Gasteiger partial charge in [-0.3, -0.25) is 4.79 Å². The molecule has 1 atom stereocenters. The molecule has 1 rings (SSSR count). The van der Waals surface area contributed by atoms with Crippen molar-refractivity contribution in [2.75, 3.05) is 0 Å². The summed E-state index contributed by atoms with van der Waals surface area (Å²) in [5.41, 5.74) is -0.408. The lowest BCUT2D eigenvalue weighted by molar-refractivity contribution is -0.145. The van der Waals surface area contributed by atoms with E-state index in [4.69, 9.17) is 4.43 Å². The Morgan fingerprint density at radius 3 is 2.00 bits per heavy atom. The van der Waals surface area contributed by atoms with Crippen LogP contribution in [0.15, 0.2) is 0 Å². The van der Waals surface area contributed by atoms with Gasteiger partial charge in [0.25, 0.3) is 0 Å². The second kappa shape index (κ2) is 4.15. The smallest absolute Gasteiger partial charge is 0.193 e. The van der Waals surface area contributed by atoms with E-state index in [1.807, 2.05) is 6.92 Å². The van der Waals surface area contributed by atoms with Gasteiger partial charge in [0.15, 0.2) is 14.1 Å². The molecule has 14 heavy (non-hydrogen) atoms. The number of hydrogen-bond donors (Lipinski definition) is 0. The van der Waals surface area contributed by atoms with Crippen LogP contribution in [-0.4, -0.2) is 19.7 Å². The van der Waals surface area contributed by atoms with Crippen LogP contribution in [0.5, 0.6) is 0 Å². The largest absolute Gasteiger partial charge is 0.405 e. The number of rotatable bonds is 5. The minimum Gasteiger partial charge on any atom is -0.405 e. The minimum absolute atomic E-state index is 0.310. The van der Waals surface area contributed by atoms with E-state index in [1.165, 1.54) is 0 Å². The van der Waals surface area contributed by atoms with Crippen molar-refractivity contribution < 1.29 is 9.22 Å². The Kier molecular flexibility index (Phi) is 3.53. The average Bonchev–Trinajstić information content (AvgIpc) is 2.24. The quantitative estimate of drug-likeness (QED) is 0.657. The third-order valence-electron chi connectivity index (χ3n) is 3.79. The van der Waals surface area contributed by atoms with Gasteiger partial charge in [-0.25, -0.2) is 0 Å². The highest BCUT2D eigenvalue weighted by atomic mass is 28.4. The molecule has 0 aromatic heterocycles. The summed E-state index contributed by atoms with van der Waals surface area (Å²) >= 11 is 0. The molecule has 0 aromatic carbocycles. The molecule has 1 unspecified atom stereocenters. The van der Waals surface area contributed by atoms with Gasteiger partial charge in [0.1, 0.15) is 5.60 Å². The van der Waals surface area contributed by atoms with Crippen molar-refractivity contribution in [1.29, 1.82) is 0 Å². The molecule has 0 bridgehead atoms. The third kappa shape index (κ3) is 1.93. The Morgan fingerprint density at radius 2 is 1.79 bits per heavy atom. The number of ketones is 1. The van der Waals surface area contributed by atoms with Crippen molar-refractivity contribution >= 4 is 14.1 Å². The van der Waals surface area contributed by atoms with Crippen molar-refractivity contribution in [2.24, 2.45) is 0 Å². The van der Waals surface area contributed by atoms with Crippen molar-refractivity contribution in [1.82, 2.24) is 0 Å².